The van der Waals surface area contributed by atoms with Crippen LogP contribution in [-0.4, -0.2) is 28.6 Å². The number of hydrogen-bond donors (Lipinski definition) is 2. The summed E-state index contributed by atoms with van der Waals surface area (Å²) >= 11 is 0. The van der Waals surface area contributed by atoms with Gasteiger partial charge in [0, 0.05) is 10.9 Å². The zero-order chi connectivity index (χ0) is 16.0. The maximum absolute atomic E-state index is 13.9. The zero-order valence-corrected chi connectivity index (χ0v) is 12.2. The highest BCUT2D eigenvalue weighted by Gasteiger charge is 2.29. The van der Waals surface area contributed by atoms with Crippen molar-refractivity contribution in [1.29, 1.82) is 0 Å². The number of aromatic amines is 1. The molecule has 0 atom stereocenters. The Bertz CT molecular complexity index is 989. The number of H-pyrrole nitrogens is 1. The molecule has 1 aliphatic rings. The van der Waals surface area contributed by atoms with Gasteiger partial charge in [-0.25, -0.2) is 9.38 Å². The third-order valence-corrected chi connectivity index (χ3v) is 3.80. The molecule has 0 fully saturated rings. The van der Waals surface area contributed by atoms with Crippen LogP contribution < -0.4 is 0 Å². The fraction of sp³-hybridized carbons (Fsp3) is 0.0588. The predicted octanol–water partition coefficient (Wildman–Crippen LogP) is 3.50. The van der Waals surface area contributed by atoms with Gasteiger partial charge in [0.1, 0.15) is 24.4 Å². The van der Waals surface area contributed by atoms with Crippen LogP contribution in [0.4, 0.5) is 10.1 Å². The molecule has 0 spiro atoms. The Morgan fingerprint density at radius 1 is 1.17 bits per heavy atom. The molecule has 0 radical (unpaired) electrons. The van der Waals surface area contributed by atoms with Crippen molar-refractivity contribution in [2.75, 3.05) is 7.11 Å². The Kier molecular flexibility index (Phi) is 2.90. The molecule has 0 bridgehead atoms. The van der Waals surface area contributed by atoms with E-state index < -0.39 is 5.82 Å². The van der Waals surface area contributed by atoms with Gasteiger partial charge in [-0.05, 0) is 12.1 Å². The Labute approximate surface area is 130 Å². The Morgan fingerprint density at radius 2 is 2.00 bits per heavy atom. The number of nitrogens with one attached hydrogen (secondary N) is 1. The Balaban J connectivity index is 2.00. The molecule has 3 aromatic rings. The lowest BCUT2D eigenvalue weighted by Crippen LogP contribution is -2.13. The molecule has 1 aromatic heterocycles. The van der Waals surface area contributed by atoms with Crippen molar-refractivity contribution in [2.24, 2.45) is 10.1 Å². The Hall–Kier alpha value is -3.15. The summed E-state index contributed by atoms with van der Waals surface area (Å²) < 4.78 is 13.9. The van der Waals surface area contributed by atoms with Crippen LogP contribution in [0.5, 0.6) is 5.88 Å². The minimum absolute atomic E-state index is 0.152. The fourth-order valence-electron chi connectivity index (χ4n) is 2.84. The molecule has 0 saturated heterocycles. The number of para-hydroxylation sites is 2. The second kappa shape index (κ2) is 4.95. The van der Waals surface area contributed by atoms with Gasteiger partial charge >= 0.3 is 0 Å². The number of benzene rings is 2. The van der Waals surface area contributed by atoms with Crippen LogP contribution in [0.1, 0.15) is 11.1 Å². The van der Waals surface area contributed by atoms with Crippen LogP contribution in [0.2, 0.25) is 0 Å². The largest absolute Gasteiger partial charge is 0.494 e. The second-order valence-corrected chi connectivity index (χ2v) is 5.11. The lowest BCUT2D eigenvalue weighted by Gasteiger charge is -2.03. The van der Waals surface area contributed by atoms with Gasteiger partial charge in [-0.2, -0.15) is 0 Å². The van der Waals surface area contributed by atoms with Gasteiger partial charge in [0.15, 0.2) is 5.88 Å². The number of aromatic nitrogens is 1. The number of aromatic hydroxyl groups is 1. The van der Waals surface area contributed by atoms with Gasteiger partial charge in [0.25, 0.3) is 0 Å². The lowest BCUT2D eigenvalue weighted by atomic mass is 10.0. The first-order valence-electron chi connectivity index (χ1n) is 7.00. The minimum atomic E-state index is -0.439. The summed E-state index contributed by atoms with van der Waals surface area (Å²) in [5.41, 5.74) is 3.12. The van der Waals surface area contributed by atoms with Crippen molar-refractivity contribution in [1.82, 2.24) is 4.98 Å². The second-order valence-electron chi connectivity index (χ2n) is 5.11. The van der Waals surface area contributed by atoms with Crippen molar-refractivity contribution in [3.63, 3.8) is 0 Å². The van der Waals surface area contributed by atoms with Crippen LogP contribution in [0.25, 0.3) is 10.9 Å². The summed E-state index contributed by atoms with van der Waals surface area (Å²) in [6.45, 7) is 0. The molecule has 1 aliphatic heterocycles. The SMILES string of the molecule is CO/N=C1/C(c2c(O)[nH]c3c(F)cccc23)=Nc2ccccc21. The third-order valence-electron chi connectivity index (χ3n) is 3.80. The molecule has 0 amide bonds. The first-order chi connectivity index (χ1) is 11.2. The maximum atomic E-state index is 13.9. The van der Waals surface area contributed by atoms with Crippen LogP contribution >= 0.6 is 0 Å². The van der Waals surface area contributed by atoms with Gasteiger partial charge in [0.05, 0.1) is 16.8 Å². The smallest absolute Gasteiger partial charge is 0.199 e. The molecule has 2 N–H and O–H groups in total. The number of oxime groups is 1. The molecule has 0 unspecified atom stereocenters. The fourth-order valence-corrected chi connectivity index (χ4v) is 2.84. The topological polar surface area (TPSA) is 70.0 Å². The van der Waals surface area contributed by atoms with Crippen LogP contribution in [0.15, 0.2) is 52.6 Å². The number of hydrogen-bond acceptors (Lipinski definition) is 4. The maximum Gasteiger partial charge on any atom is 0.199 e. The minimum Gasteiger partial charge on any atom is -0.494 e. The highest BCUT2D eigenvalue weighted by Crippen LogP contribution is 2.36. The molecular weight excluding hydrogens is 297 g/mol. The number of halogens is 1. The summed E-state index contributed by atoms with van der Waals surface area (Å²) in [6.07, 6.45) is 0. The summed E-state index contributed by atoms with van der Waals surface area (Å²) in [6, 6.07) is 12.1. The van der Waals surface area contributed by atoms with Gasteiger partial charge in [0.2, 0.25) is 0 Å². The molecule has 2 heterocycles. The van der Waals surface area contributed by atoms with Crippen molar-refractivity contribution in [3.05, 3.63) is 59.4 Å². The normalized spacial score (nSPS) is 15.0. The van der Waals surface area contributed by atoms with Gasteiger partial charge in [-0.3, -0.25) is 0 Å². The van der Waals surface area contributed by atoms with Gasteiger partial charge in [-0.1, -0.05) is 35.5 Å². The Morgan fingerprint density at radius 3 is 2.83 bits per heavy atom. The third kappa shape index (κ3) is 1.92. The van der Waals surface area contributed by atoms with E-state index in [-0.39, 0.29) is 11.4 Å². The van der Waals surface area contributed by atoms with E-state index >= 15 is 0 Å². The standard InChI is InChI=1S/C17H12FN3O2/c1-23-21-15-9-5-2-3-8-12(9)19-16(15)13-10-6-4-7-11(18)14(10)20-17(13)22/h2-8,20,22H,1H3/b21-15+. The first-order valence-corrected chi connectivity index (χ1v) is 7.00. The molecule has 23 heavy (non-hydrogen) atoms. The van der Waals surface area contributed by atoms with Crippen molar-refractivity contribution >= 4 is 28.0 Å². The van der Waals surface area contributed by atoms with Crippen LogP contribution in [0.3, 0.4) is 0 Å². The number of aliphatic imine (C=N–C) groups is 1. The summed E-state index contributed by atoms with van der Waals surface area (Å²) in [4.78, 5) is 12.1. The lowest BCUT2D eigenvalue weighted by molar-refractivity contribution is 0.214. The summed E-state index contributed by atoms with van der Waals surface area (Å²) in [7, 11) is 1.44. The molecule has 5 nitrogen and oxygen atoms in total. The molecule has 4 rings (SSSR count). The zero-order valence-electron chi connectivity index (χ0n) is 12.2. The van der Waals surface area contributed by atoms with E-state index in [0.29, 0.717) is 22.4 Å². The van der Waals surface area contributed by atoms with E-state index in [1.807, 2.05) is 24.3 Å². The monoisotopic (exact) mass is 309 g/mol. The average Bonchev–Trinajstić information content (AvgIpc) is 3.06. The van der Waals surface area contributed by atoms with Crippen LogP contribution in [-0.2, 0) is 4.84 Å². The van der Waals surface area contributed by atoms with Crippen molar-refractivity contribution in [2.45, 2.75) is 0 Å². The van der Waals surface area contributed by atoms with Crippen molar-refractivity contribution < 1.29 is 14.3 Å². The average molecular weight is 309 g/mol. The van der Waals surface area contributed by atoms with E-state index in [0.717, 1.165) is 11.3 Å². The molecule has 6 heteroatoms. The van der Waals surface area contributed by atoms with E-state index in [4.69, 9.17) is 4.84 Å². The van der Waals surface area contributed by atoms with Crippen LogP contribution in [0, 0.1) is 5.82 Å². The molecule has 114 valence electrons. The van der Waals surface area contributed by atoms with E-state index in [9.17, 15) is 9.50 Å². The van der Waals surface area contributed by atoms with Gasteiger partial charge < -0.3 is 14.9 Å². The van der Waals surface area contributed by atoms with Crippen molar-refractivity contribution in [3.8, 4) is 5.88 Å². The molecule has 0 aliphatic carbocycles. The van der Waals surface area contributed by atoms with E-state index in [1.165, 1.54) is 13.2 Å². The van der Waals surface area contributed by atoms with E-state index in [1.54, 1.807) is 12.1 Å². The number of nitrogens with zero attached hydrogens (tertiary/aromatic N) is 2. The molecule has 0 saturated carbocycles. The highest BCUT2D eigenvalue weighted by molar-refractivity contribution is 6.58. The quantitative estimate of drug-likeness (QED) is 0.711. The van der Waals surface area contributed by atoms with Gasteiger partial charge in [-0.15, -0.1) is 0 Å². The highest BCUT2D eigenvalue weighted by atomic mass is 19.1. The van der Waals surface area contributed by atoms with E-state index in [2.05, 4.69) is 15.1 Å². The summed E-state index contributed by atoms with van der Waals surface area (Å²) in [5, 5.41) is 14.9. The number of fused-ring (bicyclic) bond motifs is 2. The number of rotatable bonds is 2. The first kappa shape index (κ1) is 13.5. The summed E-state index contributed by atoms with van der Waals surface area (Å²) in [5.74, 6) is -0.592. The molecular formula is C17H12FN3O2. The molecule has 2 aromatic carbocycles. The predicted molar refractivity (Wildman–Crippen MR) is 86.1 cm³/mol.